The summed E-state index contributed by atoms with van der Waals surface area (Å²) < 4.78 is 29.2. The van der Waals surface area contributed by atoms with Gasteiger partial charge in [0.1, 0.15) is 5.82 Å². The Labute approximate surface area is 114 Å². The Morgan fingerprint density at radius 3 is 2.26 bits per heavy atom. The van der Waals surface area contributed by atoms with Crippen LogP contribution in [0.2, 0.25) is 0 Å². The maximum absolute atomic E-state index is 12.8. The lowest BCUT2D eigenvalue weighted by molar-refractivity contribution is 0.313. The number of aromatic nitrogens is 2. The Balaban J connectivity index is 1.96. The quantitative estimate of drug-likeness (QED) is 0.847. The lowest BCUT2D eigenvalue weighted by Gasteiger charge is -2.27. The summed E-state index contributed by atoms with van der Waals surface area (Å²) in [6, 6.07) is 0.412. The number of nitrogens with zero attached hydrogens (tertiary/aromatic N) is 3. The molecule has 19 heavy (non-hydrogen) atoms. The van der Waals surface area contributed by atoms with Crippen molar-refractivity contribution < 1.29 is 8.42 Å². The molecule has 1 heterocycles. The van der Waals surface area contributed by atoms with Crippen LogP contribution in [0.1, 0.15) is 44.3 Å². The summed E-state index contributed by atoms with van der Waals surface area (Å²) in [5, 5.41) is 0.214. The minimum atomic E-state index is -3.42. The van der Waals surface area contributed by atoms with Gasteiger partial charge in [-0.15, -0.1) is 0 Å². The second kappa shape index (κ2) is 4.59. The highest BCUT2D eigenvalue weighted by Gasteiger charge is 2.44. The van der Waals surface area contributed by atoms with Gasteiger partial charge in [0.15, 0.2) is 5.03 Å². The molecule has 0 aromatic carbocycles. The normalized spacial score (nSPS) is 21.4. The summed E-state index contributed by atoms with van der Waals surface area (Å²) in [5.41, 5.74) is 0. The van der Waals surface area contributed by atoms with E-state index >= 15 is 0 Å². The number of aryl methyl sites for hydroxylation is 2. The number of hydrogen-bond donors (Lipinski definition) is 0. The van der Waals surface area contributed by atoms with Crippen LogP contribution in [0.5, 0.6) is 0 Å². The third-order valence-electron chi connectivity index (χ3n) is 4.22. The van der Waals surface area contributed by atoms with Gasteiger partial charge in [-0.25, -0.2) is 13.4 Å². The van der Waals surface area contributed by atoms with Gasteiger partial charge >= 0.3 is 0 Å². The number of hydrogen-bond acceptors (Lipinski definition) is 3. The van der Waals surface area contributed by atoms with Crippen LogP contribution >= 0.6 is 0 Å². The van der Waals surface area contributed by atoms with Crippen molar-refractivity contribution in [2.75, 3.05) is 0 Å². The molecule has 0 unspecified atom stereocenters. The zero-order valence-corrected chi connectivity index (χ0v) is 12.4. The Hall–Kier alpha value is -0.880. The van der Waals surface area contributed by atoms with Gasteiger partial charge in [-0.2, -0.15) is 4.31 Å². The first-order valence-electron chi connectivity index (χ1n) is 7.03. The molecule has 0 spiro atoms. The second-order valence-electron chi connectivity index (χ2n) is 5.74. The molecule has 6 heteroatoms. The minimum absolute atomic E-state index is 0.194. The summed E-state index contributed by atoms with van der Waals surface area (Å²) in [4.78, 5) is 4.22. The average molecular weight is 283 g/mol. The molecule has 5 nitrogen and oxygen atoms in total. The molecule has 0 aliphatic heterocycles. The third-order valence-corrected chi connectivity index (χ3v) is 6.10. The van der Waals surface area contributed by atoms with E-state index < -0.39 is 10.0 Å². The van der Waals surface area contributed by atoms with Crippen molar-refractivity contribution >= 4 is 10.0 Å². The smallest absolute Gasteiger partial charge is 0.262 e. The Morgan fingerprint density at radius 2 is 1.79 bits per heavy atom. The fourth-order valence-corrected chi connectivity index (χ4v) is 4.90. The number of imidazole rings is 1. The van der Waals surface area contributed by atoms with Crippen molar-refractivity contribution in [2.45, 2.75) is 62.6 Å². The fourth-order valence-electron chi connectivity index (χ4n) is 2.94. The van der Waals surface area contributed by atoms with E-state index in [-0.39, 0.29) is 17.1 Å². The van der Waals surface area contributed by atoms with Crippen LogP contribution in [0.3, 0.4) is 0 Å². The molecule has 0 radical (unpaired) electrons. The van der Waals surface area contributed by atoms with E-state index in [0.717, 1.165) is 44.3 Å². The molecule has 1 aromatic rings. The lowest BCUT2D eigenvalue weighted by Crippen LogP contribution is -2.40. The molecular formula is C13H21N3O2S. The van der Waals surface area contributed by atoms with Crippen LogP contribution in [0.25, 0.3) is 0 Å². The van der Waals surface area contributed by atoms with Gasteiger partial charge in [0.05, 0.1) is 0 Å². The first kappa shape index (κ1) is 13.1. The van der Waals surface area contributed by atoms with Crippen molar-refractivity contribution in [3.8, 4) is 0 Å². The summed E-state index contributed by atoms with van der Waals surface area (Å²) >= 11 is 0. The summed E-state index contributed by atoms with van der Waals surface area (Å²) in [6.45, 7) is 1.83. The Morgan fingerprint density at radius 1 is 1.21 bits per heavy atom. The topological polar surface area (TPSA) is 55.2 Å². The van der Waals surface area contributed by atoms with E-state index in [1.807, 2.05) is 14.0 Å². The molecular weight excluding hydrogens is 262 g/mol. The average Bonchev–Trinajstić information content (AvgIpc) is 2.89. The van der Waals surface area contributed by atoms with E-state index in [2.05, 4.69) is 4.98 Å². The van der Waals surface area contributed by atoms with Crippen LogP contribution in [-0.4, -0.2) is 34.4 Å². The van der Waals surface area contributed by atoms with E-state index in [0.29, 0.717) is 0 Å². The van der Waals surface area contributed by atoms with E-state index in [1.165, 1.54) is 0 Å². The van der Waals surface area contributed by atoms with Crippen molar-refractivity contribution in [1.82, 2.24) is 13.9 Å². The standard InChI is InChI=1S/C13H21N3O2S/c1-10-14-13(9-15(10)2)19(17,18)16(12-7-8-12)11-5-3-4-6-11/h9,11-12H,3-8H2,1-2H3. The first-order chi connectivity index (χ1) is 9.00. The minimum Gasteiger partial charge on any atom is -0.337 e. The molecule has 0 atom stereocenters. The molecule has 3 rings (SSSR count). The fraction of sp³-hybridized carbons (Fsp3) is 0.769. The summed E-state index contributed by atoms with van der Waals surface area (Å²) in [7, 11) is -1.59. The van der Waals surface area contributed by atoms with Gasteiger partial charge in [-0.3, -0.25) is 0 Å². The zero-order chi connectivity index (χ0) is 13.6. The Kier molecular flexibility index (Phi) is 3.17. The SMILES string of the molecule is Cc1nc(S(=O)(=O)N(C2CCCC2)C2CC2)cn1C. The summed E-state index contributed by atoms with van der Waals surface area (Å²) in [5.74, 6) is 0.737. The number of rotatable bonds is 4. The van der Waals surface area contributed by atoms with Crippen molar-refractivity contribution in [3.63, 3.8) is 0 Å². The van der Waals surface area contributed by atoms with Gasteiger partial charge in [-0.05, 0) is 32.6 Å². The summed E-state index contributed by atoms with van der Waals surface area (Å²) in [6.07, 6.45) is 7.93. The predicted molar refractivity (Wildman–Crippen MR) is 72.2 cm³/mol. The van der Waals surface area contributed by atoms with Crippen LogP contribution in [0.15, 0.2) is 11.2 Å². The molecule has 0 amide bonds. The molecule has 106 valence electrons. The van der Waals surface area contributed by atoms with Crippen LogP contribution in [0, 0.1) is 6.92 Å². The largest absolute Gasteiger partial charge is 0.337 e. The highest BCUT2D eigenvalue weighted by atomic mass is 32.2. The van der Waals surface area contributed by atoms with Crippen LogP contribution in [0.4, 0.5) is 0 Å². The molecule has 2 aliphatic rings. The van der Waals surface area contributed by atoms with Gasteiger partial charge in [0, 0.05) is 25.3 Å². The lowest BCUT2D eigenvalue weighted by atomic mass is 10.2. The van der Waals surface area contributed by atoms with Gasteiger partial charge < -0.3 is 4.57 Å². The van der Waals surface area contributed by atoms with Crippen LogP contribution < -0.4 is 0 Å². The van der Waals surface area contributed by atoms with Crippen molar-refractivity contribution in [1.29, 1.82) is 0 Å². The third kappa shape index (κ3) is 2.31. The van der Waals surface area contributed by atoms with Gasteiger partial charge in [-0.1, -0.05) is 12.8 Å². The Bertz CT molecular complexity index is 549. The molecule has 2 saturated carbocycles. The second-order valence-corrected chi connectivity index (χ2v) is 7.53. The highest BCUT2D eigenvalue weighted by molar-refractivity contribution is 7.89. The zero-order valence-electron chi connectivity index (χ0n) is 11.5. The van der Waals surface area contributed by atoms with E-state index in [4.69, 9.17) is 0 Å². The molecule has 0 bridgehead atoms. The van der Waals surface area contributed by atoms with E-state index in [9.17, 15) is 8.42 Å². The molecule has 1 aromatic heterocycles. The van der Waals surface area contributed by atoms with Crippen LogP contribution in [-0.2, 0) is 17.1 Å². The molecule has 2 fully saturated rings. The molecule has 0 N–H and O–H groups in total. The molecule has 2 aliphatic carbocycles. The molecule has 0 saturated heterocycles. The van der Waals surface area contributed by atoms with Gasteiger partial charge in [0.2, 0.25) is 0 Å². The van der Waals surface area contributed by atoms with Crippen molar-refractivity contribution in [3.05, 3.63) is 12.0 Å². The van der Waals surface area contributed by atoms with E-state index in [1.54, 1.807) is 15.1 Å². The first-order valence-corrected chi connectivity index (χ1v) is 8.47. The number of sulfonamides is 1. The maximum Gasteiger partial charge on any atom is 0.262 e. The van der Waals surface area contributed by atoms with Gasteiger partial charge in [0.25, 0.3) is 10.0 Å². The highest BCUT2D eigenvalue weighted by Crippen LogP contribution is 2.38. The van der Waals surface area contributed by atoms with Crippen molar-refractivity contribution in [2.24, 2.45) is 7.05 Å². The monoisotopic (exact) mass is 283 g/mol. The predicted octanol–water partition coefficient (Wildman–Crippen LogP) is 1.82. The maximum atomic E-state index is 12.8.